The maximum Gasteiger partial charge on any atom is 0.337 e. The normalized spacial score (nSPS) is 16.1. The van der Waals surface area contributed by atoms with Gasteiger partial charge in [0.2, 0.25) is 5.88 Å². The van der Waals surface area contributed by atoms with E-state index >= 15 is 0 Å². The Morgan fingerprint density at radius 2 is 2.08 bits per heavy atom. The third-order valence-corrected chi connectivity index (χ3v) is 6.40. The van der Waals surface area contributed by atoms with Crippen LogP contribution in [0.3, 0.4) is 0 Å². The van der Waals surface area contributed by atoms with Gasteiger partial charge in [0.25, 0.3) is 5.69 Å². The summed E-state index contributed by atoms with van der Waals surface area (Å²) >= 11 is 0. The number of nitro benzene ring substituents is 1. The minimum atomic E-state index is -0.428. The van der Waals surface area contributed by atoms with Gasteiger partial charge in [-0.1, -0.05) is 18.6 Å². The Balaban J connectivity index is 1.41. The van der Waals surface area contributed by atoms with Crippen LogP contribution in [-0.4, -0.2) is 69.9 Å². The van der Waals surface area contributed by atoms with Crippen molar-refractivity contribution in [3.05, 3.63) is 64.0 Å². The standard InChI is InChI=1S/C26H32N6O5/c1-18-14-19(26(33)36-3)15-23(28-18)21-16-27-30(2)25(21)37-13-12-31-11-7-6-8-20(17-31)29-22-9-4-5-10-24(22)32(34)35/h4-5,9-10,14-16,20,29H,6-8,11-13,17H2,1-3H3. The van der Waals surface area contributed by atoms with Crippen LogP contribution in [0.5, 0.6) is 5.88 Å². The number of para-hydroxylation sites is 2. The number of anilines is 1. The van der Waals surface area contributed by atoms with Crippen molar-refractivity contribution in [2.45, 2.75) is 32.2 Å². The first kappa shape index (κ1) is 26.1. The molecule has 1 fully saturated rings. The van der Waals surface area contributed by atoms with Gasteiger partial charge in [-0.3, -0.25) is 20.0 Å². The van der Waals surface area contributed by atoms with E-state index in [2.05, 4.69) is 20.3 Å². The fourth-order valence-electron chi connectivity index (χ4n) is 4.60. The van der Waals surface area contributed by atoms with E-state index in [4.69, 9.17) is 9.47 Å². The summed E-state index contributed by atoms with van der Waals surface area (Å²) in [6, 6.07) is 10.2. The molecule has 3 heterocycles. The minimum Gasteiger partial charge on any atom is -0.476 e. The fraction of sp³-hybridized carbons (Fsp3) is 0.423. The number of hydrogen-bond acceptors (Lipinski definition) is 9. The number of nitrogens with zero attached hydrogens (tertiary/aromatic N) is 5. The molecule has 0 aliphatic carbocycles. The van der Waals surface area contributed by atoms with Crippen LogP contribution in [0.2, 0.25) is 0 Å². The Morgan fingerprint density at radius 1 is 1.27 bits per heavy atom. The van der Waals surface area contributed by atoms with Crippen LogP contribution in [-0.2, 0) is 11.8 Å². The second kappa shape index (κ2) is 11.8. The number of carbonyl (C=O) groups is 1. The van der Waals surface area contributed by atoms with Crippen molar-refractivity contribution in [1.29, 1.82) is 0 Å². The number of esters is 1. The molecule has 11 heteroatoms. The molecule has 0 radical (unpaired) electrons. The molecule has 0 amide bonds. The van der Waals surface area contributed by atoms with Gasteiger partial charge in [0, 0.05) is 37.9 Å². The number of benzene rings is 1. The second-order valence-corrected chi connectivity index (χ2v) is 9.12. The minimum absolute atomic E-state index is 0.0884. The van der Waals surface area contributed by atoms with Crippen LogP contribution in [0.15, 0.2) is 42.6 Å². The zero-order valence-electron chi connectivity index (χ0n) is 21.3. The van der Waals surface area contributed by atoms with E-state index in [9.17, 15) is 14.9 Å². The summed E-state index contributed by atoms with van der Waals surface area (Å²) in [5.74, 6) is 0.140. The van der Waals surface area contributed by atoms with Crippen molar-refractivity contribution in [2.24, 2.45) is 7.05 Å². The maximum absolute atomic E-state index is 12.1. The molecule has 0 saturated carbocycles. The average molecular weight is 509 g/mol. The summed E-state index contributed by atoms with van der Waals surface area (Å²) in [5.41, 5.74) is 3.03. The lowest BCUT2D eigenvalue weighted by atomic mass is 10.1. The van der Waals surface area contributed by atoms with Crippen LogP contribution in [0.1, 0.15) is 35.3 Å². The summed E-state index contributed by atoms with van der Waals surface area (Å²) in [7, 11) is 3.15. The predicted octanol–water partition coefficient (Wildman–Crippen LogP) is 3.83. The number of pyridine rings is 1. The first-order valence-electron chi connectivity index (χ1n) is 12.3. The molecule has 1 aliphatic rings. The topological polar surface area (TPSA) is 125 Å². The molecule has 1 saturated heterocycles. The predicted molar refractivity (Wildman–Crippen MR) is 139 cm³/mol. The number of methoxy groups -OCH3 is 1. The molecular weight excluding hydrogens is 476 g/mol. The Hall–Kier alpha value is -3.99. The lowest BCUT2D eigenvalue weighted by molar-refractivity contribution is -0.384. The molecule has 37 heavy (non-hydrogen) atoms. The lowest BCUT2D eigenvalue weighted by Gasteiger charge is -2.25. The SMILES string of the molecule is COC(=O)c1cc(C)nc(-c2cnn(C)c2OCCN2CCCCC(Nc3ccccc3[N+](=O)[O-])C2)c1. The van der Waals surface area contributed by atoms with Gasteiger partial charge in [0.15, 0.2) is 0 Å². The second-order valence-electron chi connectivity index (χ2n) is 9.12. The van der Waals surface area contributed by atoms with Gasteiger partial charge >= 0.3 is 5.97 Å². The zero-order chi connectivity index (χ0) is 26.4. The van der Waals surface area contributed by atoms with E-state index < -0.39 is 5.97 Å². The van der Waals surface area contributed by atoms with Crippen LogP contribution < -0.4 is 10.1 Å². The zero-order valence-corrected chi connectivity index (χ0v) is 21.3. The fourth-order valence-corrected chi connectivity index (χ4v) is 4.60. The molecule has 1 N–H and O–H groups in total. The summed E-state index contributed by atoms with van der Waals surface area (Å²) in [4.78, 5) is 30.0. The molecule has 1 aliphatic heterocycles. The molecule has 1 atom stereocenters. The number of rotatable bonds is 9. The van der Waals surface area contributed by atoms with Gasteiger partial charge in [0.05, 0.1) is 35.1 Å². The highest BCUT2D eigenvalue weighted by Gasteiger charge is 2.22. The molecular formula is C26H32N6O5. The van der Waals surface area contributed by atoms with E-state index in [1.807, 2.05) is 6.92 Å². The van der Waals surface area contributed by atoms with Crippen molar-refractivity contribution in [2.75, 3.05) is 38.7 Å². The Morgan fingerprint density at radius 3 is 2.86 bits per heavy atom. The Bertz CT molecular complexity index is 1260. The van der Waals surface area contributed by atoms with Crippen LogP contribution >= 0.6 is 0 Å². The molecule has 1 unspecified atom stereocenters. The van der Waals surface area contributed by atoms with Crippen molar-refractivity contribution in [3.8, 4) is 17.1 Å². The molecule has 2 aromatic heterocycles. The smallest absolute Gasteiger partial charge is 0.337 e. The number of aromatic nitrogens is 3. The molecule has 0 bridgehead atoms. The van der Waals surface area contributed by atoms with Crippen molar-refractivity contribution in [3.63, 3.8) is 0 Å². The molecule has 0 spiro atoms. The van der Waals surface area contributed by atoms with Crippen molar-refractivity contribution in [1.82, 2.24) is 19.7 Å². The molecule has 11 nitrogen and oxygen atoms in total. The first-order valence-corrected chi connectivity index (χ1v) is 12.3. The molecule has 196 valence electrons. The summed E-state index contributed by atoms with van der Waals surface area (Å²) in [5, 5.41) is 19.1. The average Bonchev–Trinajstić information content (AvgIpc) is 3.10. The van der Waals surface area contributed by atoms with Crippen molar-refractivity contribution >= 4 is 17.3 Å². The summed E-state index contributed by atoms with van der Waals surface area (Å²) < 4.78 is 12.7. The van der Waals surface area contributed by atoms with E-state index in [1.54, 1.807) is 48.3 Å². The maximum atomic E-state index is 12.1. The van der Waals surface area contributed by atoms with E-state index in [0.717, 1.165) is 32.4 Å². The van der Waals surface area contributed by atoms with Crippen LogP contribution in [0, 0.1) is 17.0 Å². The van der Waals surface area contributed by atoms with Crippen LogP contribution in [0.25, 0.3) is 11.3 Å². The number of nitrogens with one attached hydrogen (secondary N) is 1. The highest BCUT2D eigenvalue weighted by molar-refractivity contribution is 5.90. The summed E-state index contributed by atoms with van der Waals surface area (Å²) in [6.45, 7) is 4.63. The number of nitro groups is 1. The number of carbonyl (C=O) groups excluding carboxylic acids is 1. The number of likely N-dealkylation sites (tertiary alicyclic amines) is 1. The lowest BCUT2D eigenvalue weighted by Crippen LogP contribution is -2.37. The number of ether oxygens (including phenoxy) is 2. The third-order valence-electron chi connectivity index (χ3n) is 6.40. The Kier molecular flexibility index (Phi) is 8.34. The van der Waals surface area contributed by atoms with Crippen molar-refractivity contribution < 1.29 is 19.2 Å². The molecule has 3 aromatic rings. The van der Waals surface area contributed by atoms with E-state index in [0.29, 0.717) is 47.2 Å². The first-order chi connectivity index (χ1) is 17.9. The van der Waals surface area contributed by atoms with Gasteiger partial charge in [-0.05, 0) is 44.5 Å². The van der Waals surface area contributed by atoms with Crippen LogP contribution in [0.4, 0.5) is 11.4 Å². The number of aryl methyl sites for hydroxylation is 2. The molecule has 1 aromatic carbocycles. The monoisotopic (exact) mass is 508 g/mol. The van der Waals surface area contributed by atoms with Gasteiger partial charge in [-0.2, -0.15) is 5.10 Å². The summed E-state index contributed by atoms with van der Waals surface area (Å²) in [6.07, 6.45) is 4.71. The molecule has 4 rings (SSSR count). The highest BCUT2D eigenvalue weighted by Crippen LogP contribution is 2.30. The van der Waals surface area contributed by atoms with E-state index in [1.165, 1.54) is 13.2 Å². The third kappa shape index (κ3) is 6.42. The number of hydrogen-bond donors (Lipinski definition) is 1. The quantitative estimate of drug-likeness (QED) is 0.261. The van der Waals surface area contributed by atoms with Gasteiger partial charge in [0.1, 0.15) is 12.3 Å². The van der Waals surface area contributed by atoms with Gasteiger partial charge < -0.3 is 14.8 Å². The Labute approximate surface area is 215 Å². The highest BCUT2D eigenvalue weighted by atomic mass is 16.6. The van der Waals surface area contributed by atoms with Gasteiger partial charge in [-0.15, -0.1) is 0 Å². The van der Waals surface area contributed by atoms with Gasteiger partial charge in [-0.25, -0.2) is 9.48 Å². The van der Waals surface area contributed by atoms with E-state index in [-0.39, 0.29) is 16.7 Å². The largest absolute Gasteiger partial charge is 0.476 e.